The third-order valence-electron chi connectivity index (χ3n) is 2.74. The van der Waals surface area contributed by atoms with Gasteiger partial charge in [0.2, 0.25) is 0 Å². The molecule has 0 radical (unpaired) electrons. The summed E-state index contributed by atoms with van der Waals surface area (Å²) in [6, 6.07) is 6.69. The molecule has 0 fully saturated rings. The molecule has 1 unspecified atom stereocenters. The number of carbonyl (C=O) groups excluding carboxylic acids is 2. The molecule has 1 aromatic carbocycles. The van der Waals surface area contributed by atoms with E-state index in [9.17, 15) is 19.5 Å². The summed E-state index contributed by atoms with van der Waals surface area (Å²) in [6.07, 6.45) is 0.0143. The molecule has 20 heavy (non-hydrogen) atoms. The van der Waals surface area contributed by atoms with Gasteiger partial charge in [-0.1, -0.05) is 46.7 Å². The van der Waals surface area contributed by atoms with E-state index in [1.165, 1.54) is 6.92 Å². The van der Waals surface area contributed by atoms with E-state index >= 15 is 0 Å². The predicted octanol–water partition coefficient (Wildman–Crippen LogP) is 3.54. The van der Waals surface area contributed by atoms with E-state index in [2.05, 4.69) is 15.9 Å². The van der Waals surface area contributed by atoms with Gasteiger partial charge in [-0.05, 0) is 19.1 Å². The average Bonchev–Trinajstić information content (AvgIpc) is 2.38. The minimum absolute atomic E-state index is 0.222. The fourth-order valence-electron chi connectivity index (χ4n) is 1.52. The Bertz CT molecular complexity index is 526. The third-order valence-corrected chi connectivity index (χ3v) is 4.56. The van der Waals surface area contributed by atoms with E-state index in [1.807, 2.05) is 0 Å². The molecule has 0 spiro atoms. The van der Waals surface area contributed by atoms with Gasteiger partial charge in [0.05, 0.1) is 0 Å². The Morgan fingerprint density at radius 1 is 1.25 bits per heavy atom. The van der Waals surface area contributed by atoms with Crippen LogP contribution in [0.3, 0.4) is 0 Å². The highest BCUT2D eigenvalue weighted by atomic mass is 79.9. The lowest BCUT2D eigenvalue weighted by Crippen LogP contribution is -2.35. The van der Waals surface area contributed by atoms with E-state index in [0.717, 1.165) is 4.47 Å². The van der Waals surface area contributed by atoms with Crippen molar-refractivity contribution >= 4 is 44.6 Å². The number of hydrogen-bond acceptors (Lipinski definition) is 4. The zero-order chi connectivity index (χ0) is 15.3. The van der Waals surface area contributed by atoms with Crippen molar-refractivity contribution in [2.75, 3.05) is 0 Å². The van der Waals surface area contributed by atoms with Crippen LogP contribution in [0.5, 0.6) is 0 Å². The Morgan fingerprint density at radius 2 is 1.80 bits per heavy atom. The largest absolute Gasteiger partial charge is 0.480 e. The zero-order valence-electron chi connectivity index (χ0n) is 11.2. The first kappa shape index (κ1) is 16.9. The molecule has 0 aliphatic rings. The van der Waals surface area contributed by atoms with E-state index in [4.69, 9.17) is 0 Å². The van der Waals surface area contributed by atoms with Crippen LogP contribution in [0.25, 0.3) is 0 Å². The highest BCUT2D eigenvalue weighted by Gasteiger charge is 2.38. The van der Waals surface area contributed by atoms with Gasteiger partial charge < -0.3 is 5.11 Å². The molecule has 1 atom stereocenters. The zero-order valence-corrected chi connectivity index (χ0v) is 13.6. The third kappa shape index (κ3) is 4.45. The fourth-order valence-corrected chi connectivity index (χ4v) is 2.72. The molecule has 0 heterocycles. The summed E-state index contributed by atoms with van der Waals surface area (Å²) in [7, 11) is 0. The number of hydrogen-bond donors (Lipinski definition) is 1. The first-order valence-corrected chi connectivity index (χ1v) is 7.63. The molecule has 0 bridgehead atoms. The maximum Gasteiger partial charge on any atom is 0.320 e. The normalized spacial score (nSPS) is 13.6. The maximum absolute atomic E-state index is 12.1. The molecule has 1 N–H and O–H groups in total. The van der Waals surface area contributed by atoms with Gasteiger partial charge in [0.25, 0.3) is 0 Å². The van der Waals surface area contributed by atoms with Crippen molar-refractivity contribution in [3.8, 4) is 0 Å². The molecule has 0 aromatic heterocycles. The fraction of sp³-hybridized carbons (Fsp3) is 0.357. The lowest BCUT2D eigenvalue weighted by Gasteiger charge is -2.22. The number of aliphatic carboxylic acids is 1. The number of carboxylic acids is 1. The highest BCUT2D eigenvalue weighted by molar-refractivity contribution is 9.10. The summed E-state index contributed by atoms with van der Waals surface area (Å²) in [5.41, 5.74) is 0.435. The summed E-state index contributed by atoms with van der Waals surface area (Å²) in [5, 5.41) is 9.05. The van der Waals surface area contributed by atoms with Crippen molar-refractivity contribution < 1.29 is 19.5 Å². The smallest absolute Gasteiger partial charge is 0.320 e. The van der Waals surface area contributed by atoms with Crippen LogP contribution in [0.1, 0.15) is 37.0 Å². The number of halogens is 1. The summed E-state index contributed by atoms with van der Waals surface area (Å²) in [4.78, 5) is 35.0. The Balaban J connectivity index is 2.90. The molecular formula is C14H15BrO4S. The van der Waals surface area contributed by atoms with Gasteiger partial charge in [0, 0.05) is 22.9 Å². The Labute approximate surface area is 130 Å². The van der Waals surface area contributed by atoms with E-state index in [0.29, 0.717) is 17.3 Å². The number of thioether (sulfide) groups is 1. The Morgan fingerprint density at radius 3 is 2.25 bits per heavy atom. The van der Waals surface area contributed by atoms with Crippen LogP contribution in [0, 0.1) is 0 Å². The molecule has 6 heteroatoms. The quantitative estimate of drug-likeness (QED) is 0.787. The van der Waals surface area contributed by atoms with Crippen LogP contribution < -0.4 is 0 Å². The SMILES string of the molecule is CCC(=O)SC(C)(CC(=O)c1ccc(Br)cc1)C(=O)O. The molecule has 0 saturated carbocycles. The van der Waals surface area contributed by atoms with Crippen molar-refractivity contribution in [1.82, 2.24) is 0 Å². The molecule has 0 aliphatic carbocycles. The van der Waals surface area contributed by atoms with Crippen LogP contribution in [-0.2, 0) is 9.59 Å². The number of benzene rings is 1. The molecule has 4 nitrogen and oxygen atoms in total. The predicted molar refractivity (Wildman–Crippen MR) is 82.0 cm³/mol. The van der Waals surface area contributed by atoms with E-state index < -0.39 is 10.7 Å². The van der Waals surface area contributed by atoms with E-state index in [1.54, 1.807) is 31.2 Å². The maximum atomic E-state index is 12.1. The van der Waals surface area contributed by atoms with Crippen molar-refractivity contribution in [2.24, 2.45) is 0 Å². The van der Waals surface area contributed by atoms with Crippen molar-refractivity contribution in [2.45, 2.75) is 31.4 Å². The average molecular weight is 359 g/mol. The number of carboxylic acid groups (broad SMARTS) is 1. The van der Waals surface area contributed by atoms with Crippen LogP contribution in [0.15, 0.2) is 28.7 Å². The molecule has 108 valence electrons. The standard InChI is InChI=1S/C14H15BrO4S/c1-3-12(17)20-14(2,13(18)19)8-11(16)9-4-6-10(15)7-5-9/h4-7H,3,8H2,1-2H3,(H,18,19). The van der Waals surface area contributed by atoms with Gasteiger partial charge in [0.1, 0.15) is 4.75 Å². The van der Waals surface area contributed by atoms with Gasteiger partial charge >= 0.3 is 5.97 Å². The lowest BCUT2D eigenvalue weighted by atomic mass is 9.99. The molecule has 0 aliphatic heterocycles. The minimum atomic E-state index is -1.43. The highest BCUT2D eigenvalue weighted by Crippen LogP contribution is 2.32. The summed E-state index contributed by atoms with van der Waals surface area (Å²) >= 11 is 3.98. The number of carbonyl (C=O) groups is 3. The first-order chi connectivity index (χ1) is 9.28. The second-order valence-electron chi connectivity index (χ2n) is 4.47. The molecule has 0 saturated heterocycles. The Hall–Kier alpha value is -1.14. The van der Waals surface area contributed by atoms with Crippen molar-refractivity contribution in [3.05, 3.63) is 34.3 Å². The van der Waals surface area contributed by atoms with Gasteiger partial charge in [-0.25, -0.2) is 0 Å². The lowest BCUT2D eigenvalue weighted by molar-refractivity contribution is -0.139. The van der Waals surface area contributed by atoms with Crippen LogP contribution in [0.4, 0.5) is 0 Å². The molecular weight excluding hydrogens is 344 g/mol. The van der Waals surface area contributed by atoms with Gasteiger partial charge in [-0.2, -0.15) is 0 Å². The van der Waals surface area contributed by atoms with Gasteiger partial charge in [-0.15, -0.1) is 0 Å². The molecule has 0 amide bonds. The summed E-state index contributed by atoms with van der Waals surface area (Å²) < 4.78 is -0.595. The van der Waals surface area contributed by atoms with E-state index in [-0.39, 0.29) is 23.7 Å². The molecule has 1 aromatic rings. The van der Waals surface area contributed by atoms with Crippen molar-refractivity contribution in [3.63, 3.8) is 0 Å². The van der Waals surface area contributed by atoms with Gasteiger partial charge in [0.15, 0.2) is 10.9 Å². The first-order valence-electron chi connectivity index (χ1n) is 6.02. The Kier molecular flexibility index (Phi) is 5.95. The summed E-state index contributed by atoms with van der Waals surface area (Å²) in [6.45, 7) is 3.07. The number of Topliss-reactive ketones (excluding diaryl/α,β-unsaturated/α-hetero) is 1. The number of ketones is 1. The topological polar surface area (TPSA) is 71.4 Å². The minimum Gasteiger partial charge on any atom is -0.480 e. The van der Waals surface area contributed by atoms with Crippen LogP contribution in [0.2, 0.25) is 0 Å². The summed E-state index contributed by atoms with van der Waals surface area (Å²) in [5.74, 6) is -1.45. The van der Waals surface area contributed by atoms with Gasteiger partial charge in [-0.3, -0.25) is 14.4 Å². The van der Waals surface area contributed by atoms with Crippen LogP contribution >= 0.6 is 27.7 Å². The monoisotopic (exact) mass is 358 g/mol. The number of rotatable bonds is 6. The molecule has 1 rings (SSSR count). The van der Waals surface area contributed by atoms with Crippen LogP contribution in [-0.4, -0.2) is 26.7 Å². The second-order valence-corrected chi connectivity index (χ2v) is 6.95. The van der Waals surface area contributed by atoms with Crippen molar-refractivity contribution in [1.29, 1.82) is 0 Å². The second kappa shape index (κ2) is 7.04.